The quantitative estimate of drug-likeness (QED) is 0.384. The zero-order valence-corrected chi connectivity index (χ0v) is 19.3. The molecule has 0 atom stereocenters. The second kappa shape index (κ2) is 10.4. The van der Waals surface area contributed by atoms with E-state index in [4.69, 9.17) is 0 Å². The van der Waals surface area contributed by atoms with Crippen LogP contribution < -0.4 is 16.2 Å². The van der Waals surface area contributed by atoms with Gasteiger partial charge in [-0.3, -0.25) is 25.2 Å². The summed E-state index contributed by atoms with van der Waals surface area (Å²) in [4.78, 5) is 39.1. The van der Waals surface area contributed by atoms with Crippen molar-refractivity contribution in [3.05, 3.63) is 87.8 Å². The molecule has 0 fully saturated rings. The number of hydrazine groups is 1. The van der Waals surface area contributed by atoms with Gasteiger partial charge < -0.3 is 5.32 Å². The lowest BCUT2D eigenvalue weighted by molar-refractivity contribution is -0.119. The number of amides is 3. The highest BCUT2D eigenvalue weighted by molar-refractivity contribution is 7.17. The van der Waals surface area contributed by atoms with Gasteiger partial charge in [-0.05, 0) is 42.4 Å². The average Bonchev–Trinajstić information content (AvgIpc) is 2.99. The number of hydrogen-bond donors (Lipinski definition) is 3. The number of anilines is 1. The molecule has 0 saturated carbocycles. The molecule has 1 aliphatic carbocycles. The van der Waals surface area contributed by atoms with E-state index in [2.05, 4.69) is 16.2 Å². The number of carbonyl (C=O) groups is 3. The van der Waals surface area contributed by atoms with Crippen molar-refractivity contribution in [2.24, 2.45) is 0 Å². The van der Waals surface area contributed by atoms with Crippen LogP contribution in [0.1, 0.15) is 64.0 Å². The van der Waals surface area contributed by atoms with E-state index in [1.807, 2.05) is 60.7 Å². The molecule has 170 valence electrons. The molecule has 1 heterocycles. The first-order valence-corrected chi connectivity index (χ1v) is 12.0. The summed E-state index contributed by atoms with van der Waals surface area (Å²) in [6.45, 7) is 1.33. The SMILES string of the molecule is CC(=O)NNC(=O)c1c(NC(=O)C(c2ccccc2)c2ccccc2)sc2c1CCCCC2. The standard InChI is InChI=1S/C26H27N3O3S/c1-17(30)28-29-25(32)23-20-15-9-4-10-16-21(20)33-26(23)27-24(31)22(18-11-5-2-6-12-18)19-13-7-3-8-14-19/h2-3,5-8,11-14,22H,4,9-10,15-16H2,1H3,(H,27,31)(H,28,30)(H,29,32). The van der Waals surface area contributed by atoms with Crippen molar-refractivity contribution in [3.8, 4) is 0 Å². The zero-order chi connectivity index (χ0) is 23.2. The van der Waals surface area contributed by atoms with Crippen LogP contribution in [0.4, 0.5) is 5.00 Å². The van der Waals surface area contributed by atoms with Crippen LogP contribution in [0, 0.1) is 0 Å². The minimum atomic E-state index is -0.513. The maximum atomic E-state index is 13.6. The van der Waals surface area contributed by atoms with E-state index in [9.17, 15) is 14.4 Å². The van der Waals surface area contributed by atoms with Gasteiger partial charge in [-0.25, -0.2) is 0 Å². The van der Waals surface area contributed by atoms with Crippen LogP contribution in [-0.2, 0) is 22.4 Å². The third-order valence-electron chi connectivity index (χ3n) is 5.77. The topological polar surface area (TPSA) is 87.3 Å². The first kappa shape index (κ1) is 22.7. The second-order valence-electron chi connectivity index (χ2n) is 8.15. The van der Waals surface area contributed by atoms with E-state index in [0.29, 0.717) is 10.6 Å². The number of hydrogen-bond acceptors (Lipinski definition) is 4. The minimum absolute atomic E-state index is 0.197. The van der Waals surface area contributed by atoms with Crippen LogP contribution in [0.25, 0.3) is 0 Å². The van der Waals surface area contributed by atoms with Gasteiger partial charge in [-0.2, -0.15) is 0 Å². The summed E-state index contributed by atoms with van der Waals surface area (Å²) in [5, 5.41) is 3.59. The Kier molecular flexibility index (Phi) is 7.19. The maximum absolute atomic E-state index is 13.6. The average molecular weight is 462 g/mol. The Morgan fingerprint density at radius 1 is 0.818 bits per heavy atom. The summed E-state index contributed by atoms with van der Waals surface area (Å²) in [5.41, 5.74) is 8.03. The summed E-state index contributed by atoms with van der Waals surface area (Å²) in [5.74, 6) is -1.47. The summed E-state index contributed by atoms with van der Waals surface area (Å²) >= 11 is 1.47. The number of benzene rings is 2. The third-order valence-corrected chi connectivity index (χ3v) is 6.97. The molecule has 0 spiro atoms. The van der Waals surface area contributed by atoms with Crippen LogP contribution in [-0.4, -0.2) is 17.7 Å². The molecule has 1 aliphatic rings. The molecule has 0 unspecified atom stereocenters. The van der Waals surface area contributed by atoms with Gasteiger partial charge in [0, 0.05) is 11.8 Å². The highest BCUT2D eigenvalue weighted by Crippen LogP contribution is 2.38. The van der Waals surface area contributed by atoms with Crippen molar-refractivity contribution in [3.63, 3.8) is 0 Å². The molecular weight excluding hydrogens is 434 g/mol. The van der Waals surface area contributed by atoms with Crippen molar-refractivity contribution in [2.45, 2.75) is 44.9 Å². The molecule has 0 bridgehead atoms. The van der Waals surface area contributed by atoms with Crippen molar-refractivity contribution >= 4 is 34.1 Å². The van der Waals surface area contributed by atoms with E-state index in [1.54, 1.807) is 0 Å². The first-order valence-electron chi connectivity index (χ1n) is 11.2. The lowest BCUT2D eigenvalue weighted by Gasteiger charge is -2.18. The summed E-state index contributed by atoms with van der Waals surface area (Å²) in [6, 6.07) is 19.2. The highest BCUT2D eigenvalue weighted by Gasteiger charge is 2.29. The Balaban J connectivity index is 1.70. The van der Waals surface area contributed by atoms with Gasteiger partial charge in [-0.15, -0.1) is 11.3 Å². The lowest BCUT2D eigenvalue weighted by atomic mass is 9.90. The normalized spacial score (nSPS) is 13.0. The predicted molar refractivity (Wildman–Crippen MR) is 130 cm³/mol. The molecule has 1 aromatic heterocycles. The van der Waals surface area contributed by atoms with E-state index in [0.717, 1.165) is 53.7 Å². The fraction of sp³-hybridized carbons (Fsp3) is 0.269. The van der Waals surface area contributed by atoms with Crippen LogP contribution in [0.2, 0.25) is 0 Å². The minimum Gasteiger partial charge on any atom is -0.316 e. The van der Waals surface area contributed by atoms with Crippen LogP contribution in [0.15, 0.2) is 60.7 Å². The molecule has 4 rings (SSSR count). The number of aryl methyl sites for hydroxylation is 1. The molecule has 0 aliphatic heterocycles. The van der Waals surface area contributed by atoms with Crippen LogP contribution in [0.3, 0.4) is 0 Å². The van der Waals surface area contributed by atoms with Crippen molar-refractivity contribution in [1.82, 2.24) is 10.9 Å². The first-order chi connectivity index (χ1) is 16.0. The molecule has 3 amide bonds. The summed E-state index contributed by atoms with van der Waals surface area (Å²) in [6.07, 6.45) is 4.83. The second-order valence-corrected chi connectivity index (χ2v) is 9.25. The summed E-state index contributed by atoms with van der Waals surface area (Å²) < 4.78 is 0. The molecule has 6 nitrogen and oxygen atoms in total. The van der Waals surface area contributed by atoms with Crippen molar-refractivity contribution in [2.75, 3.05) is 5.32 Å². The molecule has 33 heavy (non-hydrogen) atoms. The Bertz CT molecular complexity index is 1100. The van der Waals surface area contributed by atoms with Gasteiger partial charge in [0.25, 0.3) is 5.91 Å². The molecular formula is C26H27N3O3S. The zero-order valence-electron chi connectivity index (χ0n) is 18.5. The number of nitrogens with one attached hydrogen (secondary N) is 3. The maximum Gasteiger partial charge on any atom is 0.272 e. The highest BCUT2D eigenvalue weighted by atomic mass is 32.1. The molecule has 0 radical (unpaired) electrons. The van der Waals surface area contributed by atoms with E-state index >= 15 is 0 Å². The molecule has 0 saturated heterocycles. The fourth-order valence-corrected chi connectivity index (χ4v) is 5.54. The van der Waals surface area contributed by atoms with E-state index in [-0.39, 0.29) is 11.8 Å². The van der Waals surface area contributed by atoms with Gasteiger partial charge in [0.1, 0.15) is 5.00 Å². The number of rotatable bonds is 5. The van der Waals surface area contributed by atoms with Crippen molar-refractivity contribution in [1.29, 1.82) is 0 Å². The van der Waals surface area contributed by atoms with Crippen LogP contribution in [0.5, 0.6) is 0 Å². The van der Waals surface area contributed by atoms with Gasteiger partial charge in [0.05, 0.1) is 11.5 Å². The van der Waals surface area contributed by atoms with Gasteiger partial charge in [0.15, 0.2) is 0 Å². The van der Waals surface area contributed by atoms with Gasteiger partial charge in [-0.1, -0.05) is 67.1 Å². The smallest absolute Gasteiger partial charge is 0.272 e. The monoisotopic (exact) mass is 461 g/mol. The van der Waals surface area contributed by atoms with Crippen LogP contribution >= 0.6 is 11.3 Å². The lowest BCUT2D eigenvalue weighted by Crippen LogP contribution is -2.40. The Labute approximate surface area is 197 Å². The van der Waals surface area contributed by atoms with E-state index < -0.39 is 11.8 Å². The fourth-order valence-electron chi connectivity index (χ4n) is 4.25. The van der Waals surface area contributed by atoms with Gasteiger partial charge in [0.2, 0.25) is 11.8 Å². The van der Waals surface area contributed by atoms with Gasteiger partial charge >= 0.3 is 0 Å². The number of carbonyl (C=O) groups excluding carboxylic acids is 3. The van der Waals surface area contributed by atoms with Crippen molar-refractivity contribution < 1.29 is 14.4 Å². The largest absolute Gasteiger partial charge is 0.316 e. The molecule has 2 aromatic carbocycles. The Morgan fingerprint density at radius 2 is 1.42 bits per heavy atom. The molecule has 3 N–H and O–H groups in total. The van der Waals surface area contributed by atoms with E-state index in [1.165, 1.54) is 18.3 Å². The number of thiophene rings is 1. The molecule has 7 heteroatoms. The third kappa shape index (κ3) is 5.31. The predicted octanol–water partition coefficient (Wildman–Crippen LogP) is 4.57. The summed E-state index contributed by atoms with van der Waals surface area (Å²) in [7, 11) is 0. The molecule has 3 aromatic rings. The Morgan fingerprint density at radius 3 is 2.03 bits per heavy atom. The Hall–Kier alpha value is -3.45. The number of fused-ring (bicyclic) bond motifs is 1.